The van der Waals surface area contributed by atoms with Crippen LogP contribution in [0.2, 0.25) is 0 Å². The molecule has 0 heterocycles. The lowest BCUT2D eigenvalue weighted by molar-refractivity contribution is -0.142. The van der Waals surface area contributed by atoms with E-state index in [-0.39, 0.29) is 6.03 Å². The average Bonchev–Trinajstić information content (AvgIpc) is 2.19. The lowest BCUT2D eigenvalue weighted by Crippen LogP contribution is -2.52. The number of rotatable bonds is 5. The maximum absolute atomic E-state index is 11.8. The molecule has 0 aromatic heterocycles. The van der Waals surface area contributed by atoms with E-state index < -0.39 is 17.4 Å². The van der Waals surface area contributed by atoms with E-state index in [0.717, 1.165) is 12.8 Å². The van der Waals surface area contributed by atoms with Crippen LogP contribution in [-0.2, 0) is 4.79 Å². The molecule has 0 aliphatic carbocycles. The zero-order valence-corrected chi connectivity index (χ0v) is 11.4. The Hall–Kier alpha value is -1.26. The van der Waals surface area contributed by atoms with Gasteiger partial charge in [-0.15, -0.1) is 0 Å². The van der Waals surface area contributed by atoms with Gasteiger partial charge in [-0.25, -0.2) is 9.59 Å². The average molecular weight is 244 g/mol. The van der Waals surface area contributed by atoms with Crippen LogP contribution in [0.1, 0.15) is 40.5 Å². The topological polar surface area (TPSA) is 69.6 Å². The number of carboxylic acid groups (broad SMARTS) is 1. The molecule has 0 radical (unpaired) electrons. The molecule has 1 atom stereocenters. The second-order valence-electron chi connectivity index (χ2n) is 5.36. The first-order valence-electron chi connectivity index (χ1n) is 5.94. The van der Waals surface area contributed by atoms with Crippen LogP contribution in [0.5, 0.6) is 0 Å². The lowest BCUT2D eigenvalue weighted by atomic mass is 9.87. The van der Waals surface area contributed by atoms with Gasteiger partial charge in [0.05, 0.1) is 0 Å². The predicted octanol–water partition coefficient (Wildman–Crippen LogP) is 1.93. The highest BCUT2D eigenvalue weighted by atomic mass is 16.4. The molecule has 100 valence electrons. The molecule has 0 unspecified atom stereocenters. The van der Waals surface area contributed by atoms with Crippen LogP contribution in [0.15, 0.2) is 0 Å². The number of hydrogen-bond donors (Lipinski definition) is 2. The first-order valence-corrected chi connectivity index (χ1v) is 5.94. The maximum Gasteiger partial charge on any atom is 0.326 e. The number of unbranched alkanes of at least 4 members (excludes halogenated alkanes) is 1. The Morgan fingerprint density at radius 1 is 1.35 bits per heavy atom. The summed E-state index contributed by atoms with van der Waals surface area (Å²) in [6.07, 6.45) is 1.91. The second kappa shape index (κ2) is 6.47. The van der Waals surface area contributed by atoms with Crippen LogP contribution in [0, 0.1) is 5.41 Å². The van der Waals surface area contributed by atoms with Gasteiger partial charge < -0.3 is 15.3 Å². The van der Waals surface area contributed by atoms with Crippen molar-refractivity contribution in [3.05, 3.63) is 0 Å². The fraction of sp³-hybridized carbons (Fsp3) is 0.833. The largest absolute Gasteiger partial charge is 0.480 e. The van der Waals surface area contributed by atoms with Crippen molar-refractivity contribution < 1.29 is 14.7 Å². The highest BCUT2D eigenvalue weighted by Gasteiger charge is 2.33. The van der Waals surface area contributed by atoms with E-state index in [1.54, 1.807) is 27.8 Å². The molecule has 2 N–H and O–H groups in total. The number of nitrogens with zero attached hydrogens (tertiary/aromatic N) is 1. The van der Waals surface area contributed by atoms with E-state index in [0.29, 0.717) is 6.54 Å². The zero-order valence-electron chi connectivity index (χ0n) is 11.4. The number of nitrogens with one attached hydrogen (secondary N) is 1. The monoisotopic (exact) mass is 244 g/mol. The quantitative estimate of drug-likeness (QED) is 0.776. The van der Waals surface area contributed by atoms with Crippen LogP contribution in [0.3, 0.4) is 0 Å². The Bertz CT molecular complexity index is 271. The third-order valence-corrected chi connectivity index (χ3v) is 2.57. The van der Waals surface area contributed by atoms with Gasteiger partial charge in [0, 0.05) is 13.6 Å². The van der Waals surface area contributed by atoms with E-state index in [2.05, 4.69) is 5.32 Å². The van der Waals surface area contributed by atoms with Crippen molar-refractivity contribution in [3.8, 4) is 0 Å². The molecule has 0 aliphatic rings. The molecule has 0 aromatic carbocycles. The van der Waals surface area contributed by atoms with Crippen molar-refractivity contribution in [3.63, 3.8) is 0 Å². The van der Waals surface area contributed by atoms with E-state index >= 15 is 0 Å². The number of carbonyl (C=O) groups excluding carboxylic acids is 1. The molecule has 17 heavy (non-hydrogen) atoms. The highest BCUT2D eigenvalue weighted by molar-refractivity contribution is 5.83. The minimum Gasteiger partial charge on any atom is -0.480 e. The summed E-state index contributed by atoms with van der Waals surface area (Å²) in [6, 6.07) is -1.21. The van der Waals surface area contributed by atoms with Gasteiger partial charge in [-0.3, -0.25) is 0 Å². The smallest absolute Gasteiger partial charge is 0.326 e. The van der Waals surface area contributed by atoms with Gasteiger partial charge in [0.25, 0.3) is 0 Å². The summed E-state index contributed by atoms with van der Waals surface area (Å²) in [4.78, 5) is 24.4. The van der Waals surface area contributed by atoms with Crippen LogP contribution < -0.4 is 5.32 Å². The van der Waals surface area contributed by atoms with E-state index in [1.165, 1.54) is 4.90 Å². The Morgan fingerprint density at radius 3 is 2.24 bits per heavy atom. The van der Waals surface area contributed by atoms with Crippen molar-refractivity contribution in [2.45, 2.75) is 46.6 Å². The van der Waals surface area contributed by atoms with Crippen molar-refractivity contribution in [2.75, 3.05) is 13.6 Å². The van der Waals surface area contributed by atoms with Gasteiger partial charge in [-0.05, 0) is 11.8 Å². The number of carboxylic acids is 1. The molecule has 5 heteroatoms. The molecule has 0 aromatic rings. The van der Waals surface area contributed by atoms with E-state index in [4.69, 9.17) is 5.11 Å². The SMILES string of the molecule is CCCCN(C)C(=O)N[C@H](C(=O)O)C(C)(C)C. The van der Waals surface area contributed by atoms with Crippen molar-refractivity contribution in [1.29, 1.82) is 0 Å². The maximum atomic E-state index is 11.8. The predicted molar refractivity (Wildman–Crippen MR) is 66.9 cm³/mol. The van der Waals surface area contributed by atoms with Gasteiger partial charge in [0.2, 0.25) is 0 Å². The van der Waals surface area contributed by atoms with Gasteiger partial charge in [-0.1, -0.05) is 34.1 Å². The third kappa shape index (κ3) is 5.56. The Kier molecular flexibility index (Phi) is 5.99. The summed E-state index contributed by atoms with van der Waals surface area (Å²) in [6.45, 7) is 8.05. The first kappa shape index (κ1) is 15.7. The van der Waals surface area contributed by atoms with Crippen LogP contribution in [-0.4, -0.2) is 41.6 Å². The Morgan fingerprint density at radius 2 is 1.88 bits per heavy atom. The van der Waals surface area contributed by atoms with Crippen molar-refractivity contribution in [2.24, 2.45) is 5.41 Å². The number of hydrogen-bond acceptors (Lipinski definition) is 2. The minimum absolute atomic E-state index is 0.333. The van der Waals surface area contributed by atoms with Crippen molar-refractivity contribution >= 4 is 12.0 Å². The molecule has 5 nitrogen and oxygen atoms in total. The van der Waals surface area contributed by atoms with Gasteiger partial charge in [0.1, 0.15) is 6.04 Å². The minimum atomic E-state index is -1.00. The van der Waals surface area contributed by atoms with Crippen LogP contribution >= 0.6 is 0 Å². The summed E-state index contributed by atoms with van der Waals surface area (Å²) >= 11 is 0. The summed E-state index contributed by atoms with van der Waals surface area (Å²) in [5.74, 6) is -1.00. The number of aliphatic carboxylic acids is 1. The first-order chi connectivity index (χ1) is 7.70. The van der Waals surface area contributed by atoms with E-state index in [1.807, 2.05) is 6.92 Å². The highest BCUT2D eigenvalue weighted by Crippen LogP contribution is 2.19. The molecule has 2 amide bonds. The summed E-state index contributed by atoms with van der Waals surface area (Å²) < 4.78 is 0. The van der Waals surface area contributed by atoms with Crippen LogP contribution in [0.25, 0.3) is 0 Å². The molecule has 0 fully saturated rings. The Labute approximate surface area is 103 Å². The summed E-state index contributed by atoms with van der Waals surface area (Å²) in [5.41, 5.74) is -0.507. The van der Waals surface area contributed by atoms with Gasteiger partial charge in [0.15, 0.2) is 0 Å². The van der Waals surface area contributed by atoms with Gasteiger partial charge >= 0.3 is 12.0 Å². The zero-order chi connectivity index (χ0) is 13.6. The molecule has 0 spiro atoms. The molecule has 0 bridgehead atoms. The molecule has 0 saturated carbocycles. The fourth-order valence-electron chi connectivity index (χ4n) is 1.38. The fourth-order valence-corrected chi connectivity index (χ4v) is 1.38. The summed E-state index contributed by atoms with van der Waals surface area (Å²) in [5, 5.41) is 11.6. The molecule has 0 saturated heterocycles. The molecule has 0 aliphatic heterocycles. The van der Waals surface area contributed by atoms with Crippen molar-refractivity contribution in [1.82, 2.24) is 10.2 Å². The number of urea groups is 1. The van der Waals surface area contributed by atoms with Gasteiger partial charge in [-0.2, -0.15) is 0 Å². The normalized spacial score (nSPS) is 13.0. The molecule has 0 rings (SSSR count). The number of carbonyl (C=O) groups is 2. The number of amides is 2. The molecular formula is C12H24N2O3. The molecular weight excluding hydrogens is 220 g/mol. The van der Waals surface area contributed by atoms with Crippen LogP contribution in [0.4, 0.5) is 4.79 Å². The third-order valence-electron chi connectivity index (χ3n) is 2.57. The standard InChI is InChI=1S/C12H24N2O3/c1-6-7-8-14(5)11(17)13-9(10(15)16)12(2,3)4/h9H,6-8H2,1-5H3,(H,13,17)(H,15,16)/t9-/m1/s1. The lowest BCUT2D eigenvalue weighted by Gasteiger charge is -2.29. The second-order valence-corrected chi connectivity index (χ2v) is 5.36. The van der Waals surface area contributed by atoms with E-state index in [9.17, 15) is 9.59 Å². The summed E-state index contributed by atoms with van der Waals surface area (Å²) in [7, 11) is 1.67. The Balaban J connectivity index is 4.47.